The average molecular weight is 610 g/mol. The Morgan fingerprint density at radius 3 is 2.36 bits per heavy atom. The molecule has 1 amide bonds. The fraction of sp³-hybridized carbons (Fsp3) is 0.300. The molecule has 3 aromatic carbocycles. The topological polar surface area (TPSA) is 117 Å². The fourth-order valence-corrected chi connectivity index (χ4v) is 7.07. The Kier molecular flexibility index (Phi) is 9.05. The first-order chi connectivity index (χ1) is 20.3. The maximum atomic E-state index is 13.3. The monoisotopic (exact) mass is 609 g/mol. The van der Waals surface area contributed by atoms with Crippen LogP contribution in [0.15, 0.2) is 76.6 Å². The first-order valence-electron chi connectivity index (χ1n) is 13.6. The number of rotatable bonds is 10. The molecule has 0 radical (unpaired) electrons. The van der Waals surface area contributed by atoms with Crippen molar-refractivity contribution in [1.82, 2.24) is 8.87 Å². The molecule has 1 aromatic heterocycles. The van der Waals surface area contributed by atoms with Crippen molar-refractivity contribution in [3.05, 3.63) is 82.7 Å². The lowest BCUT2D eigenvalue weighted by molar-refractivity contribution is -0.143. The molecule has 12 heteroatoms. The highest BCUT2D eigenvalue weighted by Gasteiger charge is 2.24. The van der Waals surface area contributed by atoms with Crippen molar-refractivity contribution in [2.45, 2.75) is 38.3 Å². The zero-order valence-electron chi connectivity index (χ0n) is 23.3. The van der Waals surface area contributed by atoms with Crippen molar-refractivity contribution < 1.29 is 32.2 Å². The van der Waals surface area contributed by atoms with Crippen LogP contribution in [0.4, 0.5) is 0 Å². The van der Waals surface area contributed by atoms with E-state index in [4.69, 9.17) is 14.2 Å². The molecule has 0 spiro atoms. The largest absolute Gasteiger partial charge is 0.486 e. The number of nitrogens with zero attached hydrogens (tertiary/aromatic N) is 3. The van der Waals surface area contributed by atoms with Crippen molar-refractivity contribution in [1.29, 1.82) is 0 Å². The Hall–Kier alpha value is -4.00. The summed E-state index contributed by atoms with van der Waals surface area (Å²) in [6.45, 7) is 5.46. The van der Waals surface area contributed by atoms with Gasteiger partial charge in [-0.15, -0.1) is 0 Å². The molecule has 0 saturated carbocycles. The second-order valence-corrected chi connectivity index (χ2v) is 12.4. The molecule has 0 unspecified atom stereocenters. The molecule has 0 N–H and O–H groups in total. The van der Waals surface area contributed by atoms with Crippen molar-refractivity contribution in [3.63, 3.8) is 0 Å². The number of fused-ring (bicyclic) bond motifs is 2. The van der Waals surface area contributed by atoms with E-state index in [2.05, 4.69) is 4.99 Å². The summed E-state index contributed by atoms with van der Waals surface area (Å²) in [6.07, 6.45) is 0.0962. The van der Waals surface area contributed by atoms with Crippen LogP contribution in [0.1, 0.15) is 36.2 Å². The summed E-state index contributed by atoms with van der Waals surface area (Å²) in [5.41, 5.74) is 1.87. The third-order valence-electron chi connectivity index (χ3n) is 6.68. The molecule has 4 aromatic rings. The molecule has 5 rings (SSSR count). The molecular formula is C30H31N3O7S2. The van der Waals surface area contributed by atoms with E-state index in [-0.39, 0.29) is 42.5 Å². The quantitative estimate of drug-likeness (QED) is 0.245. The summed E-state index contributed by atoms with van der Waals surface area (Å²) in [5.74, 6) is 0.295. The van der Waals surface area contributed by atoms with Crippen LogP contribution >= 0.6 is 11.3 Å². The maximum absolute atomic E-state index is 13.3. The Labute approximate surface area is 247 Å². The van der Waals surface area contributed by atoms with Crippen LogP contribution in [0.5, 0.6) is 11.5 Å². The molecule has 0 atom stereocenters. The fourth-order valence-electron chi connectivity index (χ4n) is 4.57. The summed E-state index contributed by atoms with van der Waals surface area (Å²) in [6, 6.07) is 18.8. The van der Waals surface area contributed by atoms with Crippen LogP contribution in [0.3, 0.4) is 0 Å². The third-order valence-corrected chi connectivity index (χ3v) is 9.66. The standard InChI is InChI=1S/C30H31N3O7S2/c1-3-32(20-21-8-6-5-7-9-21)42(36,37)23-12-10-22(11-13-23)29(35)31-30-33(15-14-28(34)38-4-2)24-18-25-26(19-27(24)41-30)40-17-16-39-25/h5-13,18-19H,3-4,14-17,20H2,1-2H3. The van der Waals surface area contributed by atoms with Gasteiger partial charge in [-0.25, -0.2) is 8.42 Å². The Bertz CT molecular complexity index is 1760. The highest BCUT2D eigenvalue weighted by atomic mass is 32.2. The minimum Gasteiger partial charge on any atom is -0.486 e. The molecule has 1 aliphatic heterocycles. The van der Waals surface area contributed by atoms with Gasteiger partial charge in [0.05, 0.1) is 28.1 Å². The minimum absolute atomic E-state index is 0.0915. The number of amides is 1. The number of esters is 1. The van der Waals surface area contributed by atoms with Gasteiger partial charge in [-0.2, -0.15) is 9.30 Å². The maximum Gasteiger partial charge on any atom is 0.307 e. The van der Waals surface area contributed by atoms with Gasteiger partial charge in [0.1, 0.15) is 13.2 Å². The van der Waals surface area contributed by atoms with E-state index in [1.54, 1.807) is 18.4 Å². The Morgan fingerprint density at radius 2 is 1.69 bits per heavy atom. The Morgan fingerprint density at radius 1 is 1.00 bits per heavy atom. The van der Waals surface area contributed by atoms with E-state index in [0.29, 0.717) is 36.1 Å². The second-order valence-electron chi connectivity index (χ2n) is 9.41. The van der Waals surface area contributed by atoms with Gasteiger partial charge in [-0.1, -0.05) is 48.6 Å². The number of carbonyl (C=O) groups is 2. The van der Waals surface area contributed by atoms with Crippen molar-refractivity contribution in [2.24, 2.45) is 4.99 Å². The van der Waals surface area contributed by atoms with Crippen LogP contribution in [0.2, 0.25) is 0 Å². The smallest absolute Gasteiger partial charge is 0.307 e. The summed E-state index contributed by atoms with van der Waals surface area (Å²) in [4.78, 5) is 30.2. The summed E-state index contributed by atoms with van der Waals surface area (Å²) >= 11 is 1.29. The zero-order valence-corrected chi connectivity index (χ0v) is 24.9. The first kappa shape index (κ1) is 29.5. The predicted octanol–water partition coefficient (Wildman–Crippen LogP) is 4.38. The van der Waals surface area contributed by atoms with Gasteiger partial charge in [0, 0.05) is 37.3 Å². The molecular weight excluding hydrogens is 578 g/mol. The number of hydrogen-bond donors (Lipinski definition) is 0. The molecule has 0 aliphatic carbocycles. The van der Waals surface area contributed by atoms with Gasteiger partial charge in [0.2, 0.25) is 10.0 Å². The zero-order chi connectivity index (χ0) is 29.7. The molecule has 0 fully saturated rings. The lowest BCUT2D eigenvalue weighted by Gasteiger charge is -2.20. The van der Waals surface area contributed by atoms with E-state index in [9.17, 15) is 18.0 Å². The number of benzene rings is 3. The van der Waals surface area contributed by atoms with Crippen molar-refractivity contribution in [3.8, 4) is 11.5 Å². The van der Waals surface area contributed by atoms with E-state index >= 15 is 0 Å². The number of aromatic nitrogens is 1. The van der Waals surface area contributed by atoms with Crippen LogP contribution < -0.4 is 14.3 Å². The Balaban J connectivity index is 1.44. The lowest BCUT2D eigenvalue weighted by atomic mass is 10.2. The lowest BCUT2D eigenvalue weighted by Crippen LogP contribution is -2.30. The van der Waals surface area contributed by atoms with Crippen LogP contribution in [-0.2, 0) is 32.6 Å². The third kappa shape index (κ3) is 6.40. The van der Waals surface area contributed by atoms with Gasteiger partial charge >= 0.3 is 5.97 Å². The highest BCUT2D eigenvalue weighted by molar-refractivity contribution is 7.89. The molecule has 1 aliphatic rings. The van der Waals surface area contributed by atoms with Gasteiger partial charge < -0.3 is 18.8 Å². The number of hydrogen-bond acceptors (Lipinski definition) is 8. The number of sulfonamides is 1. The number of aryl methyl sites for hydroxylation is 1. The average Bonchev–Trinajstić information content (AvgIpc) is 3.33. The van der Waals surface area contributed by atoms with Crippen LogP contribution in [-0.4, -0.2) is 55.5 Å². The van der Waals surface area contributed by atoms with Crippen LogP contribution in [0, 0.1) is 0 Å². The molecule has 10 nitrogen and oxygen atoms in total. The number of thiazole rings is 1. The van der Waals surface area contributed by atoms with E-state index in [1.807, 2.05) is 42.5 Å². The molecule has 220 valence electrons. The summed E-state index contributed by atoms with van der Waals surface area (Å²) in [7, 11) is -3.78. The molecule has 0 bridgehead atoms. The molecule has 2 heterocycles. The number of ether oxygens (including phenoxy) is 3. The molecule has 0 saturated heterocycles. The predicted molar refractivity (Wildman–Crippen MR) is 158 cm³/mol. The van der Waals surface area contributed by atoms with Gasteiger partial charge in [-0.3, -0.25) is 9.59 Å². The van der Waals surface area contributed by atoms with Gasteiger partial charge in [0.15, 0.2) is 16.3 Å². The normalized spacial score (nSPS) is 13.5. The number of carbonyl (C=O) groups excluding carboxylic acids is 2. The van der Waals surface area contributed by atoms with Crippen LogP contribution in [0.25, 0.3) is 10.2 Å². The van der Waals surface area contributed by atoms with Gasteiger partial charge in [-0.05, 0) is 36.8 Å². The summed E-state index contributed by atoms with van der Waals surface area (Å²) in [5, 5.41) is 0. The van der Waals surface area contributed by atoms with E-state index in [1.165, 1.54) is 39.9 Å². The van der Waals surface area contributed by atoms with E-state index < -0.39 is 15.9 Å². The highest BCUT2D eigenvalue weighted by Crippen LogP contribution is 2.35. The van der Waals surface area contributed by atoms with E-state index in [0.717, 1.165) is 15.8 Å². The summed E-state index contributed by atoms with van der Waals surface area (Å²) < 4.78 is 47.2. The van der Waals surface area contributed by atoms with Crippen molar-refractivity contribution >= 4 is 43.5 Å². The SMILES string of the molecule is CCOC(=O)CCn1c(=NC(=O)c2ccc(S(=O)(=O)N(CC)Cc3ccccc3)cc2)sc2cc3c(cc21)OCCO3. The second kappa shape index (κ2) is 12.9. The molecule has 42 heavy (non-hydrogen) atoms. The van der Waals surface area contributed by atoms with Crippen molar-refractivity contribution in [2.75, 3.05) is 26.4 Å². The minimum atomic E-state index is -3.78. The van der Waals surface area contributed by atoms with Gasteiger partial charge in [0.25, 0.3) is 5.91 Å². The first-order valence-corrected chi connectivity index (χ1v) is 15.9.